The van der Waals surface area contributed by atoms with Gasteiger partial charge in [0, 0.05) is 17.5 Å². The smallest absolute Gasteiger partial charge is 0.342 e. The average Bonchev–Trinajstić information content (AvgIpc) is 3.07. The first kappa shape index (κ1) is 25.0. The van der Waals surface area contributed by atoms with Gasteiger partial charge < -0.3 is 18.6 Å². The van der Waals surface area contributed by atoms with Crippen molar-refractivity contribution in [1.29, 1.82) is 0 Å². The second-order valence-electron chi connectivity index (χ2n) is 9.59. The van der Waals surface area contributed by atoms with Gasteiger partial charge in [-0.1, -0.05) is 32.4 Å². The summed E-state index contributed by atoms with van der Waals surface area (Å²) in [5.74, 6) is 0.733. The van der Waals surface area contributed by atoms with Gasteiger partial charge in [-0.15, -0.1) is 0 Å². The summed E-state index contributed by atoms with van der Waals surface area (Å²) in [6.45, 7) is 15.0. The molecule has 172 valence electrons. The lowest BCUT2D eigenvalue weighted by molar-refractivity contribution is -0.140. The second kappa shape index (κ2) is 9.47. The molecule has 1 heterocycles. The molecule has 0 atom stereocenters. The van der Waals surface area contributed by atoms with E-state index in [9.17, 15) is 9.59 Å². The van der Waals surface area contributed by atoms with Crippen molar-refractivity contribution < 1.29 is 28.2 Å². The highest BCUT2D eigenvalue weighted by atomic mass is 28.4. The Balaban J connectivity index is 2.57. The van der Waals surface area contributed by atoms with E-state index in [2.05, 4.69) is 39.9 Å². The summed E-state index contributed by atoms with van der Waals surface area (Å²) in [6, 6.07) is 0. The molecule has 0 aromatic heterocycles. The van der Waals surface area contributed by atoms with Crippen LogP contribution in [0.4, 0.5) is 0 Å². The Bertz CT molecular complexity index is 893. The fourth-order valence-electron chi connectivity index (χ4n) is 3.31. The summed E-state index contributed by atoms with van der Waals surface area (Å²) in [5, 5.41) is -0.0376. The first-order chi connectivity index (χ1) is 14.3. The minimum absolute atomic E-state index is 0.0376. The molecule has 0 aliphatic carbocycles. The van der Waals surface area contributed by atoms with Crippen molar-refractivity contribution in [3.63, 3.8) is 0 Å². The SMILES string of the molecule is COC(=O)CCC(C)=CCc1c(OC)c(C)c2c(c1O[Si](C)(C)C(C)(C)C)C(=O)OC2. The van der Waals surface area contributed by atoms with Gasteiger partial charge in [-0.05, 0) is 50.4 Å². The van der Waals surface area contributed by atoms with Crippen LogP contribution in [0.25, 0.3) is 0 Å². The number of rotatable bonds is 8. The number of hydrogen-bond acceptors (Lipinski definition) is 6. The molecule has 0 N–H and O–H groups in total. The standard InChI is InChI=1S/C24H36O6Si/c1-15(11-13-19(25)27-6)10-12-17-21(28-7)16(2)18-14-29-23(26)20(18)22(17)30-31(8,9)24(3,4)5/h10H,11-14H2,1-9H3. The van der Waals surface area contributed by atoms with Crippen LogP contribution in [0.2, 0.25) is 18.1 Å². The van der Waals surface area contributed by atoms with Crippen LogP contribution in [0.15, 0.2) is 11.6 Å². The number of ether oxygens (including phenoxy) is 3. The zero-order valence-electron chi connectivity index (χ0n) is 20.4. The van der Waals surface area contributed by atoms with Crippen LogP contribution < -0.4 is 9.16 Å². The van der Waals surface area contributed by atoms with Crippen molar-refractivity contribution >= 4 is 20.3 Å². The summed E-state index contributed by atoms with van der Waals surface area (Å²) in [6.07, 6.45) is 3.53. The Morgan fingerprint density at radius 2 is 1.81 bits per heavy atom. The number of carbonyl (C=O) groups is 2. The Kier molecular flexibility index (Phi) is 7.63. The van der Waals surface area contributed by atoms with Crippen molar-refractivity contribution in [2.75, 3.05) is 14.2 Å². The number of allylic oxidation sites excluding steroid dienone is 2. The predicted molar refractivity (Wildman–Crippen MR) is 123 cm³/mol. The van der Waals surface area contributed by atoms with Crippen molar-refractivity contribution in [3.05, 3.63) is 33.9 Å². The first-order valence-corrected chi connectivity index (χ1v) is 13.6. The summed E-state index contributed by atoms with van der Waals surface area (Å²) in [4.78, 5) is 24.1. The maximum absolute atomic E-state index is 12.7. The van der Waals surface area contributed by atoms with Crippen molar-refractivity contribution in [3.8, 4) is 11.5 Å². The summed E-state index contributed by atoms with van der Waals surface area (Å²) in [7, 11) is 0.792. The number of esters is 2. The summed E-state index contributed by atoms with van der Waals surface area (Å²) >= 11 is 0. The van der Waals surface area contributed by atoms with Crippen LogP contribution in [0.5, 0.6) is 11.5 Å². The van der Waals surface area contributed by atoms with Crippen molar-refractivity contribution in [1.82, 2.24) is 0 Å². The highest BCUT2D eigenvalue weighted by Crippen LogP contribution is 2.46. The molecular formula is C24H36O6Si. The zero-order chi connectivity index (χ0) is 23.6. The third-order valence-corrected chi connectivity index (χ3v) is 10.7. The fourth-order valence-corrected chi connectivity index (χ4v) is 4.35. The van der Waals surface area contributed by atoms with Gasteiger partial charge in [-0.25, -0.2) is 4.79 Å². The van der Waals surface area contributed by atoms with Gasteiger partial charge in [-0.3, -0.25) is 4.79 Å². The molecule has 0 saturated heterocycles. The summed E-state index contributed by atoms with van der Waals surface area (Å²) < 4.78 is 22.6. The van der Waals surface area contributed by atoms with E-state index < -0.39 is 8.32 Å². The zero-order valence-corrected chi connectivity index (χ0v) is 21.4. The van der Waals surface area contributed by atoms with Gasteiger partial charge in [0.1, 0.15) is 23.7 Å². The highest BCUT2D eigenvalue weighted by molar-refractivity contribution is 6.74. The molecule has 6 nitrogen and oxygen atoms in total. The van der Waals surface area contributed by atoms with Gasteiger partial charge >= 0.3 is 11.9 Å². The Labute approximate surface area is 187 Å². The number of methoxy groups -OCH3 is 2. The molecule has 0 bridgehead atoms. The number of carbonyl (C=O) groups excluding carboxylic acids is 2. The monoisotopic (exact) mass is 448 g/mol. The maximum Gasteiger partial charge on any atom is 0.342 e. The molecule has 0 radical (unpaired) electrons. The third kappa shape index (κ3) is 5.32. The lowest BCUT2D eigenvalue weighted by Gasteiger charge is -2.37. The minimum atomic E-state index is -2.24. The lowest BCUT2D eigenvalue weighted by Crippen LogP contribution is -2.44. The molecule has 7 heteroatoms. The van der Waals surface area contributed by atoms with E-state index in [0.717, 1.165) is 28.0 Å². The van der Waals surface area contributed by atoms with Gasteiger partial charge in [-0.2, -0.15) is 0 Å². The Hall–Kier alpha value is -2.28. The van der Waals surface area contributed by atoms with Gasteiger partial charge in [0.25, 0.3) is 8.32 Å². The molecule has 1 aromatic rings. The van der Waals surface area contributed by atoms with Crippen LogP contribution in [-0.2, 0) is 27.3 Å². The fraction of sp³-hybridized carbons (Fsp3) is 0.583. The first-order valence-electron chi connectivity index (χ1n) is 10.6. The Morgan fingerprint density at radius 3 is 2.35 bits per heavy atom. The van der Waals surface area contributed by atoms with Crippen molar-refractivity contribution in [2.45, 2.75) is 78.6 Å². The molecule has 1 aliphatic heterocycles. The number of fused-ring (bicyclic) bond motifs is 1. The molecule has 0 saturated carbocycles. The Morgan fingerprint density at radius 1 is 1.16 bits per heavy atom. The van der Waals surface area contributed by atoms with Crippen LogP contribution >= 0.6 is 0 Å². The van der Waals surface area contributed by atoms with E-state index in [1.54, 1.807) is 7.11 Å². The topological polar surface area (TPSA) is 71.1 Å². The van der Waals surface area contributed by atoms with Crippen LogP contribution in [-0.4, -0.2) is 34.5 Å². The van der Waals surface area contributed by atoms with E-state index in [1.165, 1.54) is 7.11 Å². The normalized spacial score (nSPS) is 14.2. The molecule has 1 aliphatic rings. The molecule has 0 amide bonds. The molecular weight excluding hydrogens is 412 g/mol. The third-order valence-electron chi connectivity index (χ3n) is 6.40. The molecule has 0 unspecified atom stereocenters. The van der Waals surface area contributed by atoms with Crippen molar-refractivity contribution in [2.24, 2.45) is 0 Å². The number of cyclic esters (lactones) is 1. The molecule has 31 heavy (non-hydrogen) atoms. The second-order valence-corrected chi connectivity index (χ2v) is 14.3. The van der Waals surface area contributed by atoms with E-state index in [0.29, 0.717) is 30.6 Å². The van der Waals surface area contributed by atoms with E-state index in [-0.39, 0.29) is 23.6 Å². The molecule has 2 rings (SSSR count). The molecule has 0 fully saturated rings. The average molecular weight is 449 g/mol. The van der Waals surface area contributed by atoms with Gasteiger partial charge in [0.15, 0.2) is 0 Å². The minimum Gasteiger partial charge on any atom is -0.543 e. The van der Waals surface area contributed by atoms with Crippen LogP contribution in [0.1, 0.15) is 67.6 Å². The summed E-state index contributed by atoms with van der Waals surface area (Å²) in [5.41, 5.74) is 4.18. The quantitative estimate of drug-likeness (QED) is 0.297. The highest BCUT2D eigenvalue weighted by Gasteiger charge is 2.42. The van der Waals surface area contributed by atoms with E-state index >= 15 is 0 Å². The van der Waals surface area contributed by atoms with E-state index in [1.807, 2.05) is 13.8 Å². The maximum atomic E-state index is 12.7. The van der Waals surface area contributed by atoms with Gasteiger partial charge in [0.2, 0.25) is 0 Å². The number of benzene rings is 1. The largest absolute Gasteiger partial charge is 0.543 e. The number of hydrogen-bond donors (Lipinski definition) is 0. The predicted octanol–water partition coefficient (Wildman–Crippen LogP) is 5.50. The van der Waals surface area contributed by atoms with E-state index in [4.69, 9.17) is 18.6 Å². The van der Waals surface area contributed by atoms with Crippen LogP contribution in [0, 0.1) is 6.92 Å². The van der Waals surface area contributed by atoms with Gasteiger partial charge in [0.05, 0.1) is 14.2 Å². The molecule has 0 spiro atoms. The lowest BCUT2D eigenvalue weighted by atomic mass is 9.94. The van der Waals surface area contributed by atoms with Crippen LogP contribution in [0.3, 0.4) is 0 Å². The molecule has 1 aromatic carbocycles.